The normalized spacial score (nSPS) is 16.9. The van der Waals surface area contributed by atoms with E-state index in [-0.39, 0.29) is 23.0 Å². The first kappa shape index (κ1) is 10.5. The van der Waals surface area contributed by atoms with Crippen molar-refractivity contribution in [3.05, 3.63) is 45.5 Å². The molecular formula is C14H10N2O2. The average molecular weight is 238 g/mol. The summed E-state index contributed by atoms with van der Waals surface area (Å²) >= 11 is 0. The van der Waals surface area contributed by atoms with Crippen LogP contribution in [-0.2, 0) is 9.59 Å². The van der Waals surface area contributed by atoms with Gasteiger partial charge in [0.15, 0.2) is 5.78 Å². The highest BCUT2D eigenvalue weighted by Crippen LogP contribution is 2.10. The maximum atomic E-state index is 11.7. The summed E-state index contributed by atoms with van der Waals surface area (Å²) in [6.45, 7) is 0. The van der Waals surface area contributed by atoms with Crippen molar-refractivity contribution in [3.63, 3.8) is 0 Å². The molecule has 3 rings (SSSR count). The summed E-state index contributed by atoms with van der Waals surface area (Å²) in [6, 6.07) is 3.62. The molecule has 0 saturated carbocycles. The van der Waals surface area contributed by atoms with E-state index in [2.05, 4.69) is 0 Å². The van der Waals surface area contributed by atoms with E-state index in [4.69, 9.17) is 11.5 Å². The summed E-state index contributed by atoms with van der Waals surface area (Å²) in [6.07, 6.45) is 6.34. The van der Waals surface area contributed by atoms with Gasteiger partial charge in [-0.25, -0.2) is 0 Å². The first-order valence-corrected chi connectivity index (χ1v) is 5.46. The predicted molar refractivity (Wildman–Crippen MR) is 69.0 cm³/mol. The van der Waals surface area contributed by atoms with Crippen LogP contribution in [0.15, 0.2) is 23.9 Å². The Balaban J connectivity index is 2.42. The fourth-order valence-electron chi connectivity index (χ4n) is 2.16. The zero-order chi connectivity index (χ0) is 12.9. The first-order valence-electron chi connectivity index (χ1n) is 5.46. The van der Waals surface area contributed by atoms with E-state index in [0.717, 1.165) is 16.3 Å². The number of benzene rings is 1. The molecule has 0 fully saturated rings. The van der Waals surface area contributed by atoms with E-state index < -0.39 is 0 Å². The molecule has 0 aromatic heterocycles. The molecule has 2 aliphatic rings. The molecule has 4 nitrogen and oxygen atoms in total. The second kappa shape index (κ2) is 3.43. The summed E-state index contributed by atoms with van der Waals surface area (Å²) in [5, 5.41) is 1.48. The lowest BCUT2D eigenvalue weighted by Gasteiger charge is -2.12. The summed E-state index contributed by atoms with van der Waals surface area (Å²) in [4.78, 5) is 23.0. The lowest BCUT2D eigenvalue weighted by molar-refractivity contribution is -0.111. The van der Waals surface area contributed by atoms with Crippen molar-refractivity contribution in [2.45, 2.75) is 0 Å². The van der Waals surface area contributed by atoms with Gasteiger partial charge in [-0.15, -0.1) is 0 Å². The van der Waals surface area contributed by atoms with Gasteiger partial charge in [0.2, 0.25) is 5.78 Å². The van der Waals surface area contributed by atoms with Crippen LogP contribution in [0, 0.1) is 0 Å². The standard InChI is InChI=1S/C14H10N2O2/c15-12-6-9-3-8-4-10(17)2-1-7(8)5-11(9)13(16)14(12)18/h1-6H,15-16H2. The number of carbonyl (C=O) groups excluding carboxylic acids is 2. The van der Waals surface area contributed by atoms with E-state index in [1.165, 1.54) is 6.08 Å². The minimum Gasteiger partial charge on any atom is -0.395 e. The number of nitrogens with two attached hydrogens (primary N) is 2. The Morgan fingerprint density at radius 1 is 0.889 bits per heavy atom. The number of ketones is 2. The molecule has 0 saturated heterocycles. The van der Waals surface area contributed by atoms with Gasteiger partial charge >= 0.3 is 0 Å². The predicted octanol–water partition coefficient (Wildman–Crippen LogP) is -0.988. The van der Waals surface area contributed by atoms with Gasteiger partial charge < -0.3 is 11.5 Å². The van der Waals surface area contributed by atoms with Gasteiger partial charge in [0.05, 0.1) is 11.4 Å². The lowest BCUT2D eigenvalue weighted by Crippen LogP contribution is -2.32. The van der Waals surface area contributed by atoms with Crippen molar-refractivity contribution in [3.8, 4) is 0 Å². The molecule has 4 heteroatoms. The number of fused-ring (bicyclic) bond motifs is 2. The largest absolute Gasteiger partial charge is 0.395 e. The molecule has 0 spiro atoms. The highest BCUT2D eigenvalue weighted by Gasteiger charge is 2.17. The van der Waals surface area contributed by atoms with E-state index in [1.807, 2.05) is 6.07 Å². The summed E-state index contributed by atoms with van der Waals surface area (Å²) in [5.74, 6) is -0.398. The van der Waals surface area contributed by atoms with Crippen LogP contribution in [-0.4, -0.2) is 11.6 Å². The molecule has 4 N–H and O–H groups in total. The Morgan fingerprint density at radius 3 is 2.44 bits per heavy atom. The van der Waals surface area contributed by atoms with Crippen LogP contribution in [0.2, 0.25) is 0 Å². The zero-order valence-electron chi connectivity index (χ0n) is 9.44. The van der Waals surface area contributed by atoms with Gasteiger partial charge in [-0.05, 0) is 46.7 Å². The zero-order valence-corrected chi connectivity index (χ0v) is 9.44. The number of Topliss-reactive ketones (excluding diaryl/α,β-unsaturated/α-hetero) is 1. The molecule has 2 aliphatic carbocycles. The van der Waals surface area contributed by atoms with Gasteiger partial charge in [-0.2, -0.15) is 0 Å². The van der Waals surface area contributed by atoms with E-state index in [0.29, 0.717) is 5.22 Å². The van der Waals surface area contributed by atoms with E-state index in [1.54, 1.807) is 24.3 Å². The van der Waals surface area contributed by atoms with Gasteiger partial charge in [-0.1, -0.05) is 6.08 Å². The highest BCUT2D eigenvalue weighted by molar-refractivity contribution is 6.25. The number of hydrogen-bond donors (Lipinski definition) is 2. The van der Waals surface area contributed by atoms with Crippen LogP contribution < -0.4 is 21.9 Å². The fourth-order valence-corrected chi connectivity index (χ4v) is 2.16. The van der Waals surface area contributed by atoms with Crippen LogP contribution in [0.5, 0.6) is 0 Å². The van der Waals surface area contributed by atoms with Crippen molar-refractivity contribution < 1.29 is 9.59 Å². The van der Waals surface area contributed by atoms with Crippen molar-refractivity contribution in [1.29, 1.82) is 0 Å². The molecule has 0 radical (unpaired) electrons. The summed E-state index contributed by atoms with van der Waals surface area (Å²) < 4.78 is 0. The summed E-state index contributed by atoms with van der Waals surface area (Å²) in [5.41, 5.74) is 13.3. The molecule has 1 aromatic carbocycles. The number of rotatable bonds is 0. The molecule has 0 atom stereocenters. The van der Waals surface area contributed by atoms with Crippen LogP contribution in [0.1, 0.15) is 11.1 Å². The molecule has 0 amide bonds. The molecule has 0 heterocycles. The Hall–Kier alpha value is -2.62. The molecule has 1 aromatic rings. The average Bonchev–Trinajstić information content (AvgIpc) is 2.34. The number of hydrogen-bond acceptors (Lipinski definition) is 4. The quantitative estimate of drug-likeness (QED) is 0.607. The fraction of sp³-hybridized carbons (Fsp3) is 0. The van der Waals surface area contributed by atoms with E-state index in [9.17, 15) is 9.59 Å². The van der Waals surface area contributed by atoms with Gasteiger partial charge in [0.25, 0.3) is 0 Å². The van der Waals surface area contributed by atoms with Crippen LogP contribution >= 0.6 is 0 Å². The third-order valence-electron chi connectivity index (χ3n) is 3.09. The SMILES string of the molecule is NC1=Cc2cc3c(cc2=C(N)C1=O)C=CC(=O)C=3. The third-order valence-corrected chi connectivity index (χ3v) is 3.09. The third kappa shape index (κ3) is 1.39. The minimum absolute atomic E-state index is 0.0526. The topological polar surface area (TPSA) is 86.2 Å². The van der Waals surface area contributed by atoms with Crippen molar-refractivity contribution in [2.75, 3.05) is 0 Å². The lowest BCUT2D eigenvalue weighted by atomic mass is 9.95. The second-order valence-corrected chi connectivity index (χ2v) is 4.29. The number of carbonyl (C=O) groups is 2. The molecule has 0 unspecified atom stereocenters. The highest BCUT2D eigenvalue weighted by atomic mass is 16.1. The van der Waals surface area contributed by atoms with Crippen LogP contribution in [0.3, 0.4) is 0 Å². The monoisotopic (exact) mass is 238 g/mol. The maximum absolute atomic E-state index is 11.7. The van der Waals surface area contributed by atoms with Crippen LogP contribution in [0.25, 0.3) is 23.9 Å². The molecule has 0 aliphatic heterocycles. The minimum atomic E-state index is -0.345. The molecule has 0 bridgehead atoms. The Bertz CT molecular complexity index is 783. The van der Waals surface area contributed by atoms with Crippen molar-refractivity contribution in [1.82, 2.24) is 0 Å². The maximum Gasteiger partial charge on any atom is 0.224 e. The van der Waals surface area contributed by atoms with Crippen molar-refractivity contribution in [2.24, 2.45) is 11.5 Å². The second-order valence-electron chi connectivity index (χ2n) is 4.29. The smallest absolute Gasteiger partial charge is 0.224 e. The molecule has 18 heavy (non-hydrogen) atoms. The van der Waals surface area contributed by atoms with Gasteiger partial charge in [-0.3, -0.25) is 9.59 Å². The van der Waals surface area contributed by atoms with E-state index >= 15 is 0 Å². The first-order chi connectivity index (χ1) is 8.56. The Labute approximate surface area is 103 Å². The number of allylic oxidation sites excluding steroid dienone is 1. The summed E-state index contributed by atoms with van der Waals surface area (Å²) in [7, 11) is 0. The van der Waals surface area contributed by atoms with Crippen molar-refractivity contribution >= 4 is 35.5 Å². The molecular weight excluding hydrogens is 228 g/mol. The van der Waals surface area contributed by atoms with Gasteiger partial charge in [0, 0.05) is 5.22 Å². The Morgan fingerprint density at radius 2 is 1.67 bits per heavy atom. The molecule has 88 valence electrons. The van der Waals surface area contributed by atoms with Gasteiger partial charge in [0.1, 0.15) is 0 Å². The Kier molecular flexibility index (Phi) is 2.01. The van der Waals surface area contributed by atoms with Crippen LogP contribution in [0.4, 0.5) is 0 Å².